The molecule has 1 amide bonds. The van der Waals surface area contributed by atoms with Crippen molar-refractivity contribution in [3.05, 3.63) is 30.4 Å². The number of hydrogen-bond donors (Lipinski definition) is 2. The summed E-state index contributed by atoms with van der Waals surface area (Å²) in [5, 5.41) is 11.1. The summed E-state index contributed by atoms with van der Waals surface area (Å²) in [5.74, 6) is -0.592. The van der Waals surface area contributed by atoms with E-state index in [0.29, 0.717) is 5.69 Å². The quantitative estimate of drug-likeness (QED) is 0.629. The lowest BCUT2D eigenvalue weighted by Crippen LogP contribution is -2.08. The minimum absolute atomic E-state index is 0.471. The van der Waals surface area contributed by atoms with Gasteiger partial charge in [-0.2, -0.15) is 0 Å². The molecule has 0 aliphatic carbocycles. The summed E-state index contributed by atoms with van der Waals surface area (Å²) in [7, 11) is 0. The van der Waals surface area contributed by atoms with Gasteiger partial charge < -0.3 is 10.4 Å². The Bertz CT molecular complexity index is 695. The molecule has 0 spiro atoms. The lowest BCUT2D eigenvalue weighted by Gasteiger charge is -2.00. The highest BCUT2D eigenvalue weighted by Crippen LogP contribution is 2.31. The predicted molar refractivity (Wildman–Crippen MR) is 86.0 cm³/mol. The van der Waals surface area contributed by atoms with Crippen LogP contribution in [0.25, 0.3) is 10.2 Å². The second-order valence-electron chi connectivity index (χ2n) is 4.17. The third-order valence-electron chi connectivity index (χ3n) is 2.44. The molecule has 1 heterocycles. The topological polar surface area (TPSA) is 79.3 Å². The number of thiazole rings is 1. The van der Waals surface area contributed by atoms with Gasteiger partial charge in [0.25, 0.3) is 0 Å². The molecule has 0 fully saturated rings. The molecule has 2 N–H and O–H groups in total. The van der Waals surface area contributed by atoms with Gasteiger partial charge in [-0.1, -0.05) is 18.7 Å². The number of thioether (sulfide) groups is 1. The van der Waals surface area contributed by atoms with Crippen LogP contribution in [0.5, 0.6) is 0 Å². The van der Waals surface area contributed by atoms with Crippen molar-refractivity contribution >= 4 is 50.9 Å². The van der Waals surface area contributed by atoms with Crippen molar-refractivity contribution in [3.63, 3.8) is 0 Å². The van der Waals surface area contributed by atoms with E-state index in [-0.39, 0.29) is 0 Å². The minimum atomic E-state index is -1.15. The highest BCUT2D eigenvalue weighted by atomic mass is 32.2. The van der Waals surface area contributed by atoms with Crippen molar-refractivity contribution in [1.82, 2.24) is 4.98 Å². The first-order valence-electron chi connectivity index (χ1n) is 6.34. The van der Waals surface area contributed by atoms with Gasteiger partial charge in [0.15, 0.2) is 4.34 Å². The molecule has 0 radical (unpaired) electrons. The minimum Gasteiger partial charge on any atom is -0.478 e. The van der Waals surface area contributed by atoms with Crippen LogP contribution in [0, 0.1) is 0 Å². The van der Waals surface area contributed by atoms with Crippen LogP contribution in [0.2, 0.25) is 0 Å². The van der Waals surface area contributed by atoms with Crippen LogP contribution in [0.15, 0.2) is 34.7 Å². The molecule has 0 aliphatic rings. The molecular weight excluding hydrogens is 308 g/mol. The Morgan fingerprint density at radius 1 is 1.43 bits per heavy atom. The molecule has 0 bridgehead atoms. The van der Waals surface area contributed by atoms with Crippen molar-refractivity contribution in [2.75, 3.05) is 11.1 Å². The van der Waals surface area contributed by atoms with Gasteiger partial charge in [-0.25, -0.2) is 9.78 Å². The van der Waals surface area contributed by atoms with Crippen molar-refractivity contribution in [2.24, 2.45) is 0 Å². The second-order valence-corrected chi connectivity index (χ2v) is 6.54. The molecule has 110 valence electrons. The number of benzene rings is 1. The van der Waals surface area contributed by atoms with E-state index in [1.54, 1.807) is 29.2 Å². The predicted octanol–water partition coefficient (Wildman–Crippen LogP) is 3.38. The Balaban J connectivity index is 2.11. The van der Waals surface area contributed by atoms with E-state index in [1.807, 2.05) is 12.1 Å². The number of rotatable bonds is 6. The van der Waals surface area contributed by atoms with E-state index in [9.17, 15) is 9.59 Å². The number of carbonyl (C=O) groups excluding carboxylic acids is 1. The summed E-state index contributed by atoms with van der Waals surface area (Å²) in [6, 6.07) is 5.44. The van der Waals surface area contributed by atoms with Gasteiger partial charge in [0, 0.05) is 23.6 Å². The number of aliphatic carboxylic acids is 1. The van der Waals surface area contributed by atoms with E-state index in [1.165, 1.54) is 0 Å². The van der Waals surface area contributed by atoms with Crippen LogP contribution in [-0.4, -0.2) is 27.7 Å². The van der Waals surface area contributed by atoms with Gasteiger partial charge >= 0.3 is 5.97 Å². The molecule has 5 nitrogen and oxygen atoms in total. The van der Waals surface area contributed by atoms with E-state index in [0.717, 1.165) is 38.9 Å². The maximum atomic E-state index is 11.5. The number of amides is 1. The third kappa shape index (κ3) is 4.57. The molecule has 2 aromatic rings. The molecule has 1 aromatic heterocycles. The Kier molecular flexibility index (Phi) is 5.35. The van der Waals surface area contributed by atoms with E-state index >= 15 is 0 Å². The van der Waals surface area contributed by atoms with Gasteiger partial charge in [-0.3, -0.25) is 4.79 Å². The average molecular weight is 322 g/mol. The molecule has 0 aliphatic heterocycles. The monoisotopic (exact) mass is 322 g/mol. The van der Waals surface area contributed by atoms with Gasteiger partial charge in [-0.15, -0.1) is 11.3 Å². The number of fused-ring (bicyclic) bond motifs is 1. The highest BCUT2D eigenvalue weighted by molar-refractivity contribution is 8.01. The van der Waals surface area contributed by atoms with Gasteiger partial charge in [0.2, 0.25) is 5.91 Å². The number of carboxylic acid groups (broad SMARTS) is 1. The second kappa shape index (κ2) is 7.24. The molecule has 0 saturated carbocycles. The van der Waals surface area contributed by atoms with Crippen LogP contribution in [0.1, 0.15) is 13.3 Å². The molecule has 7 heteroatoms. The molecule has 0 saturated heterocycles. The van der Waals surface area contributed by atoms with Gasteiger partial charge in [0.1, 0.15) is 0 Å². The molecule has 0 unspecified atom stereocenters. The summed E-state index contributed by atoms with van der Waals surface area (Å²) in [4.78, 5) is 26.4. The summed E-state index contributed by atoms with van der Waals surface area (Å²) in [5.41, 5.74) is 1.52. The zero-order valence-corrected chi connectivity index (χ0v) is 13.0. The first-order chi connectivity index (χ1) is 10.1. The average Bonchev–Trinajstić information content (AvgIpc) is 2.85. The number of hydrogen-bond acceptors (Lipinski definition) is 5. The summed E-state index contributed by atoms with van der Waals surface area (Å²) < 4.78 is 2.01. The maximum Gasteiger partial charge on any atom is 0.328 e. The fraction of sp³-hybridized carbons (Fsp3) is 0.214. The largest absolute Gasteiger partial charge is 0.478 e. The van der Waals surface area contributed by atoms with Crippen molar-refractivity contribution in [3.8, 4) is 0 Å². The van der Waals surface area contributed by atoms with Gasteiger partial charge in [0.05, 0.1) is 10.2 Å². The van der Waals surface area contributed by atoms with E-state index < -0.39 is 11.9 Å². The first kappa shape index (κ1) is 15.5. The highest BCUT2D eigenvalue weighted by Gasteiger charge is 2.06. The normalized spacial score (nSPS) is 11.1. The Hall–Kier alpha value is -1.86. The number of anilines is 1. The van der Waals surface area contributed by atoms with Crippen LogP contribution in [0.3, 0.4) is 0 Å². The third-order valence-corrected chi connectivity index (χ3v) is 4.81. The number of carboxylic acids is 1. The molecule has 21 heavy (non-hydrogen) atoms. The van der Waals surface area contributed by atoms with Crippen LogP contribution in [0.4, 0.5) is 5.69 Å². The standard InChI is InChI=1S/C14H14N2O3S2/c1-2-7-20-14-16-10-4-3-9(8-11(10)21-14)15-12(17)5-6-13(18)19/h3-6,8H,2,7H2,1H3,(H,15,17)(H,18,19)/b6-5-. The summed E-state index contributed by atoms with van der Waals surface area (Å²) >= 11 is 3.31. The van der Waals surface area contributed by atoms with Crippen LogP contribution < -0.4 is 5.32 Å². The fourth-order valence-electron chi connectivity index (χ4n) is 1.56. The molecule has 0 atom stereocenters. The van der Waals surface area contributed by atoms with E-state index in [4.69, 9.17) is 5.11 Å². The zero-order chi connectivity index (χ0) is 15.2. The molecule has 2 rings (SSSR count). The zero-order valence-electron chi connectivity index (χ0n) is 11.3. The Labute approximate surface area is 130 Å². The molecular formula is C14H14N2O3S2. The SMILES string of the molecule is CCCSc1nc2ccc(NC(=O)/C=C\C(=O)O)cc2s1. The number of nitrogens with zero attached hydrogens (tertiary/aromatic N) is 1. The smallest absolute Gasteiger partial charge is 0.328 e. The van der Waals surface area contributed by atoms with Crippen LogP contribution in [-0.2, 0) is 9.59 Å². The number of aromatic nitrogens is 1. The van der Waals surface area contributed by atoms with E-state index in [2.05, 4.69) is 17.2 Å². The van der Waals surface area contributed by atoms with Gasteiger partial charge in [-0.05, 0) is 24.6 Å². The maximum absolute atomic E-state index is 11.5. The van der Waals surface area contributed by atoms with Crippen molar-refractivity contribution in [2.45, 2.75) is 17.7 Å². The lowest BCUT2D eigenvalue weighted by molar-refractivity contribution is -0.131. The van der Waals surface area contributed by atoms with Crippen LogP contribution >= 0.6 is 23.1 Å². The summed E-state index contributed by atoms with van der Waals surface area (Å²) in [6.07, 6.45) is 2.89. The Morgan fingerprint density at radius 3 is 2.95 bits per heavy atom. The lowest BCUT2D eigenvalue weighted by atomic mass is 10.3. The van der Waals surface area contributed by atoms with Crippen molar-refractivity contribution < 1.29 is 14.7 Å². The first-order valence-corrected chi connectivity index (χ1v) is 8.14. The summed E-state index contributed by atoms with van der Waals surface area (Å²) in [6.45, 7) is 2.12. The van der Waals surface area contributed by atoms with Crippen molar-refractivity contribution in [1.29, 1.82) is 0 Å². The number of carbonyl (C=O) groups is 2. The molecule has 1 aromatic carbocycles. The fourth-order valence-corrected chi connectivity index (χ4v) is 3.60. The Morgan fingerprint density at radius 2 is 2.24 bits per heavy atom. The number of nitrogens with one attached hydrogen (secondary N) is 1.